The molecule has 1 saturated heterocycles. The summed E-state index contributed by atoms with van der Waals surface area (Å²) >= 11 is 0. The van der Waals surface area contributed by atoms with Crippen LogP contribution in [0.2, 0.25) is 0 Å². The summed E-state index contributed by atoms with van der Waals surface area (Å²) in [5.41, 5.74) is 3.17. The fraction of sp³-hybridized carbons (Fsp3) is 0.381. The van der Waals surface area contributed by atoms with Gasteiger partial charge in [0.15, 0.2) is 0 Å². The molecule has 0 unspecified atom stereocenters. The molecule has 0 atom stereocenters. The lowest BCUT2D eigenvalue weighted by atomic mass is 10.1. The third kappa shape index (κ3) is 4.76. The van der Waals surface area contributed by atoms with Crippen LogP contribution in [0.25, 0.3) is 0 Å². The quantitative estimate of drug-likeness (QED) is 0.866. The fourth-order valence-electron chi connectivity index (χ4n) is 3.10. The molecule has 1 aliphatic heterocycles. The lowest BCUT2D eigenvalue weighted by molar-refractivity contribution is 0.0954. The minimum absolute atomic E-state index is 0.0540. The highest BCUT2D eigenvalue weighted by atomic mass is 16.5. The van der Waals surface area contributed by atoms with Crippen LogP contribution in [0.1, 0.15) is 15.9 Å². The monoisotopic (exact) mass is 353 g/mol. The molecule has 1 fully saturated rings. The molecule has 26 heavy (non-hydrogen) atoms. The van der Waals surface area contributed by atoms with Gasteiger partial charge in [-0.05, 0) is 55.4 Å². The van der Waals surface area contributed by atoms with E-state index in [4.69, 9.17) is 4.74 Å². The lowest BCUT2D eigenvalue weighted by Gasteiger charge is -2.34. The van der Waals surface area contributed by atoms with Gasteiger partial charge in [-0.1, -0.05) is 12.1 Å². The second kappa shape index (κ2) is 8.72. The molecule has 5 heteroatoms. The van der Waals surface area contributed by atoms with Gasteiger partial charge < -0.3 is 19.9 Å². The molecule has 5 nitrogen and oxygen atoms in total. The van der Waals surface area contributed by atoms with E-state index in [9.17, 15) is 4.79 Å². The highest BCUT2D eigenvalue weighted by Crippen LogP contribution is 2.17. The van der Waals surface area contributed by atoms with Crippen molar-refractivity contribution >= 4 is 11.6 Å². The van der Waals surface area contributed by atoms with E-state index in [2.05, 4.69) is 46.4 Å². The number of methoxy groups -OCH3 is 1. The van der Waals surface area contributed by atoms with Gasteiger partial charge in [0.2, 0.25) is 0 Å². The molecule has 0 saturated carbocycles. The number of rotatable bonds is 6. The predicted octanol–water partition coefficient (Wildman–Crippen LogP) is 2.42. The molecule has 0 aliphatic carbocycles. The zero-order valence-corrected chi connectivity index (χ0v) is 15.6. The van der Waals surface area contributed by atoms with Gasteiger partial charge in [-0.2, -0.15) is 0 Å². The molecule has 0 radical (unpaired) electrons. The summed E-state index contributed by atoms with van der Waals surface area (Å²) in [4.78, 5) is 16.9. The number of carbonyl (C=O) groups is 1. The predicted molar refractivity (Wildman–Crippen MR) is 105 cm³/mol. The summed E-state index contributed by atoms with van der Waals surface area (Å²) in [7, 11) is 3.78. The summed E-state index contributed by atoms with van der Waals surface area (Å²) in [6.07, 6.45) is 0.824. The van der Waals surface area contributed by atoms with Gasteiger partial charge in [0.1, 0.15) is 5.75 Å². The first-order valence-electron chi connectivity index (χ1n) is 9.10. The molecule has 138 valence electrons. The van der Waals surface area contributed by atoms with E-state index < -0.39 is 0 Å². The van der Waals surface area contributed by atoms with Gasteiger partial charge in [-0.15, -0.1) is 0 Å². The molecule has 1 heterocycles. The number of nitrogens with zero attached hydrogens (tertiary/aromatic N) is 2. The standard InChI is InChI=1S/C21H27N3O2/c1-23-13-15-24(16-14-23)19-7-3-17(4-8-19)11-12-22-21(25)18-5-9-20(26-2)10-6-18/h3-10H,11-16H2,1-2H3,(H,22,25). The van der Waals surface area contributed by atoms with E-state index in [-0.39, 0.29) is 5.91 Å². The van der Waals surface area contributed by atoms with Gasteiger partial charge in [0.25, 0.3) is 5.91 Å². The average molecular weight is 353 g/mol. The molecule has 2 aromatic rings. The number of nitrogens with one attached hydrogen (secondary N) is 1. The zero-order chi connectivity index (χ0) is 18.4. The van der Waals surface area contributed by atoms with Crippen LogP contribution in [0.5, 0.6) is 5.75 Å². The Kier molecular flexibility index (Phi) is 6.12. The summed E-state index contributed by atoms with van der Waals surface area (Å²) in [6.45, 7) is 5.00. The van der Waals surface area contributed by atoms with Crippen molar-refractivity contribution in [1.82, 2.24) is 10.2 Å². The Hall–Kier alpha value is -2.53. The number of carbonyl (C=O) groups excluding carboxylic acids is 1. The molecule has 3 rings (SSSR count). The Balaban J connectivity index is 1.46. The second-order valence-corrected chi connectivity index (χ2v) is 6.69. The van der Waals surface area contributed by atoms with E-state index in [0.29, 0.717) is 12.1 Å². The average Bonchev–Trinajstić information content (AvgIpc) is 2.69. The molecule has 0 aromatic heterocycles. The third-order valence-electron chi connectivity index (χ3n) is 4.86. The largest absolute Gasteiger partial charge is 0.497 e. The molecule has 1 N–H and O–H groups in total. The van der Waals surface area contributed by atoms with Crippen molar-refractivity contribution in [3.63, 3.8) is 0 Å². The van der Waals surface area contributed by atoms with Crippen molar-refractivity contribution in [2.75, 3.05) is 51.8 Å². The van der Waals surface area contributed by atoms with Crippen molar-refractivity contribution in [3.8, 4) is 5.75 Å². The first kappa shape index (κ1) is 18.3. The zero-order valence-electron chi connectivity index (χ0n) is 15.6. The maximum atomic E-state index is 12.2. The van der Waals surface area contributed by atoms with Crippen molar-refractivity contribution < 1.29 is 9.53 Å². The minimum Gasteiger partial charge on any atom is -0.497 e. The number of anilines is 1. The molecule has 0 spiro atoms. The Morgan fingerprint density at radius 3 is 2.27 bits per heavy atom. The van der Waals surface area contributed by atoms with Crippen LogP contribution in [-0.4, -0.2) is 57.7 Å². The number of hydrogen-bond donors (Lipinski definition) is 1. The SMILES string of the molecule is COc1ccc(C(=O)NCCc2ccc(N3CCN(C)CC3)cc2)cc1. The Morgan fingerprint density at radius 2 is 1.65 bits per heavy atom. The number of amides is 1. The summed E-state index contributed by atoms with van der Waals surface area (Å²) in [5, 5.41) is 2.97. The number of piperazine rings is 1. The van der Waals surface area contributed by atoms with Gasteiger partial charge in [0, 0.05) is 44.0 Å². The molecular formula is C21H27N3O2. The maximum Gasteiger partial charge on any atom is 0.251 e. The number of hydrogen-bond acceptors (Lipinski definition) is 4. The third-order valence-corrected chi connectivity index (χ3v) is 4.86. The minimum atomic E-state index is -0.0540. The van der Waals surface area contributed by atoms with Crippen LogP contribution in [0.4, 0.5) is 5.69 Å². The van der Waals surface area contributed by atoms with Crippen molar-refractivity contribution in [3.05, 3.63) is 59.7 Å². The van der Waals surface area contributed by atoms with Gasteiger partial charge >= 0.3 is 0 Å². The summed E-state index contributed by atoms with van der Waals surface area (Å²) in [5.74, 6) is 0.698. The van der Waals surface area contributed by atoms with E-state index in [1.54, 1.807) is 31.4 Å². The maximum absolute atomic E-state index is 12.2. The fourth-order valence-corrected chi connectivity index (χ4v) is 3.10. The van der Waals surface area contributed by atoms with E-state index in [0.717, 1.165) is 38.3 Å². The van der Waals surface area contributed by atoms with Crippen molar-refractivity contribution in [1.29, 1.82) is 0 Å². The molecular weight excluding hydrogens is 326 g/mol. The second-order valence-electron chi connectivity index (χ2n) is 6.69. The van der Waals surface area contributed by atoms with Crippen LogP contribution in [0.15, 0.2) is 48.5 Å². The Labute approximate surface area is 155 Å². The highest BCUT2D eigenvalue weighted by molar-refractivity contribution is 5.94. The van der Waals surface area contributed by atoms with Crippen LogP contribution in [-0.2, 0) is 6.42 Å². The van der Waals surface area contributed by atoms with Gasteiger partial charge in [0.05, 0.1) is 7.11 Å². The first-order valence-corrected chi connectivity index (χ1v) is 9.10. The van der Waals surface area contributed by atoms with Crippen LogP contribution < -0.4 is 15.0 Å². The summed E-state index contributed by atoms with van der Waals surface area (Å²) < 4.78 is 5.11. The van der Waals surface area contributed by atoms with Gasteiger partial charge in [-0.25, -0.2) is 0 Å². The smallest absolute Gasteiger partial charge is 0.251 e. The van der Waals surface area contributed by atoms with Crippen molar-refractivity contribution in [2.45, 2.75) is 6.42 Å². The highest BCUT2D eigenvalue weighted by Gasteiger charge is 2.13. The molecule has 0 bridgehead atoms. The van der Waals surface area contributed by atoms with Crippen molar-refractivity contribution in [2.24, 2.45) is 0 Å². The van der Waals surface area contributed by atoms with Crippen LogP contribution >= 0.6 is 0 Å². The summed E-state index contributed by atoms with van der Waals surface area (Å²) in [6, 6.07) is 15.8. The normalized spacial score (nSPS) is 14.9. The first-order chi connectivity index (χ1) is 12.7. The van der Waals surface area contributed by atoms with E-state index in [1.807, 2.05) is 0 Å². The molecule has 1 amide bonds. The molecule has 2 aromatic carbocycles. The van der Waals surface area contributed by atoms with E-state index >= 15 is 0 Å². The lowest BCUT2D eigenvalue weighted by Crippen LogP contribution is -2.44. The van der Waals surface area contributed by atoms with Crippen LogP contribution in [0, 0.1) is 0 Å². The Bertz CT molecular complexity index is 705. The van der Waals surface area contributed by atoms with E-state index in [1.165, 1.54) is 11.3 Å². The van der Waals surface area contributed by atoms with Crippen LogP contribution in [0.3, 0.4) is 0 Å². The molecule has 1 aliphatic rings. The number of ether oxygens (including phenoxy) is 1. The Morgan fingerprint density at radius 1 is 1.00 bits per heavy atom. The number of benzene rings is 2. The van der Waals surface area contributed by atoms with Gasteiger partial charge in [-0.3, -0.25) is 4.79 Å². The number of likely N-dealkylation sites (N-methyl/N-ethyl adjacent to an activating group) is 1. The topological polar surface area (TPSA) is 44.8 Å².